The summed E-state index contributed by atoms with van der Waals surface area (Å²) < 4.78 is 3.00. The minimum absolute atomic E-state index is 0.435. The molecular formula is C10H17BrClN3. The van der Waals surface area contributed by atoms with Gasteiger partial charge in [-0.25, -0.2) is 0 Å². The Morgan fingerprint density at radius 2 is 2.27 bits per heavy atom. The largest absolute Gasteiger partial charge is 0.309 e. The molecule has 0 saturated carbocycles. The van der Waals surface area contributed by atoms with Crippen LogP contribution in [0.4, 0.5) is 0 Å². The van der Waals surface area contributed by atoms with Crippen LogP contribution in [0, 0.1) is 6.92 Å². The van der Waals surface area contributed by atoms with E-state index >= 15 is 0 Å². The van der Waals surface area contributed by atoms with Crippen molar-refractivity contribution in [3.05, 3.63) is 15.9 Å². The Hall–Kier alpha value is -0.0600. The van der Waals surface area contributed by atoms with Gasteiger partial charge in [-0.3, -0.25) is 4.68 Å². The van der Waals surface area contributed by atoms with Crippen molar-refractivity contribution in [3.63, 3.8) is 0 Å². The number of halogens is 2. The van der Waals surface area contributed by atoms with Gasteiger partial charge < -0.3 is 5.32 Å². The molecule has 0 aliphatic heterocycles. The molecule has 1 atom stereocenters. The summed E-state index contributed by atoms with van der Waals surface area (Å²) in [6.45, 7) is 4.95. The van der Waals surface area contributed by atoms with Crippen molar-refractivity contribution < 1.29 is 0 Å². The van der Waals surface area contributed by atoms with Gasteiger partial charge in [-0.15, -0.1) is 11.6 Å². The molecule has 0 aliphatic rings. The van der Waals surface area contributed by atoms with Crippen LogP contribution in [0.2, 0.25) is 0 Å². The second-order valence-corrected chi connectivity index (χ2v) is 4.90. The van der Waals surface area contributed by atoms with Crippen LogP contribution in [0.25, 0.3) is 0 Å². The summed E-state index contributed by atoms with van der Waals surface area (Å²) in [5.41, 5.74) is 2.20. The maximum atomic E-state index is 5.68. The van der Waals surface area contributed by atoms with Crippen molar-refractivity contribution in [2.75, 3.05) is 5.88 Å². The Bertz CT molecular complexity index is 325. The Kier molecular flexibility index (Phi) is 5.09. The van der Waals surface area contributed by atoms with E-state index in [4.69, 9.17) is 11.6 Å². The quantitative estimate of drug-likeness (QED) is 0.846. The van der Waals surface area contributed by atoms with E-state index in [1.807, 2.05) is 18.7 Å². The molecule has 0 fully saturated rings. The Balaban J connectivity index is 2.57. The molecule has 0 aliphatic carbocycles. The van der Waals surface area contributed by atoms with Crippen LogP contribution < -0.4 is 5.32 Å². The van der Waals surface area contributed by atoms with Crippen LogP contribution >= 0.6 is 27.5 Å². The molecule has 5 heteroatoms. The zero-order chi connectivity index (χ0) is 11.4. The first-order chi connectivity index (χ1) is 7.06. The van der Waals surface area contributed by atoms with E-state index in [2.05, 4.69) is 33.3 Å². The predicted molar refractivity (Wildman–Crippen MR) is 67.3 cm³/mol. The number of nitrogens with one attached hydrogen (secondary N) is 1. The Morgan fingerprint density at radius 1 is 1.60 bits per heavy atom. The van der Waals surface area contributed by atoms with E-state index < -0.39 is 0 Å². The average molecular weight is 295 g/mol. The van der Waals surface area contributed by atoms with Gasteiger partial charge in [-0.1, -0.05) is 0 Å². The van der Waals surface area contributed by atoms with Crippen LogP contribution in [0.3, 0.4) is 0 Å². The standard InChI is InChI=1S/C10H17BrClN3/c1-7(4-5-12)13-6-9-10(11)8(2)14-15(9)3/h7,13H,4-6H2,1-3H3. The van der Waals surface area contributed by atoms with Crippen molar-refractivity contribution in [2.45, 2.75) is 32.9 Å². The number of rotatable bonds is 5. The van der Waals surface area contributed by atoms with Gasteiger partial charge in [0, 0.05) is 25.5 Å². The van der Waals surface area contributed by atoms with Crippen molar-refractivity contribution >= 4 is 27.5 Å². The maximum absolute atomic E-state index is 5.68. The minimum Gasteiger partial charge on any atom is -0.309 e. The van der Waals surface area contributed by atoms with Crippen LogP contribution in [0.1, 0.15) is 24.7 Å². The van der Waals surface area contributed by atoms with Crippen LogP contribution in [-0.2, 0) is 13.6 Å². The lowest BCUT2D eigenvalue weighted by Crippen LogP contribution is -2.26. The summed E-state index contributed by atoms with van der Waals surface area (Å²) in [6, 6.07) is 0.435. The van der Waals surface area contributed by atoms with Gasteiger partial charge in [0.2, 0.25) is 0 Å². The fourth-order valence-electron chi connectivity index (χ4n) is 1.41. The van der Waals surface area contributed by atoms with Crippen molar-refractivity contribution in [1.82, 2.24) is 15.1 Å². The van der Waals surface area contributed by atoms with Gasteiger partial charge in [-0.2, -0.15) is 5.10 Å². The molecule has 1 aromatic rings. The zero-order valence-electron chi connectivity index (χ0n) is 9.35. The lowest BCUT2D eigenvalue weighted by Gasteiger charge is -2.12. The fourth-order valence-corrected chi connectivity index (χ4v) is 2.21. The molecular weight excluding hydrogens is 277 g/mol. The topological polar surface area (TPSA) is 29.9 Å². The minimum atomic E-state index is 0.435. The smallest absolute Gasteiger partial charge is 0.0739 e. The first-order valence-electron chi connectivity index (χ1n) is 5.03. The third kappa shape index (κ3) is 3.47. The number of hydrogen-bond donors (Lipinski definition) is 1. The fraction of sp³-hybridized carbons (Fsp3) is 0.700. The van der Waals surface area contributed by atoms with Gasteiger partial charge in [0.25, 0.3) is 0 Å². The molecule has 0 bridgehead atoms. The molecule has 3 nitrogen and oxygen atoms in total. The Labute approximate surface area is 104 Å². The van der Waals surface area contributed by atoms with Crippen molar-refractivity contribution in [2.24, 2.45) is 7.05 Å². The first kappa shape index (κ1) is 13.0. The number of aryl methyl sites for hydroxylation is 2. The summed E-state index contributed by atoms with van der Waals surface area (Å²) in [7, 11) is 1.96. The van der Waals surface area contributed by atoms with Crippen LogP contribution in [-0.4, -0.2) is 21.7 Å². The van der Waals surface area contributed by atoms with Gasteiger partial charge >= 0.3 is 0 Å². The highest BCUT2D eigenvalue weighted by Gasteiger charge is 2.10. The molecule has 86 valence electrons. The molecule has 0 spiro atoms. The van der Waals surface area contributed by atoms with Crippen LogP contribution in [0.5, 0.6) is 0 Å². The van der Waals surface area contributed by atoms with E-state index in [0.29, 0.717) is 11.9 Å². The van der Waals surface area contributed by atoms with Gasteiger partial charge in [0.1, 0.15) is 0 Å². The van der Waals surface area contributed by atoms with Crippen molar-refractivity contribution in [1.29, 1.82) is 0 Å². The van der Waals surface area contributed by atoms with Gasteiger partial charge in [0.15, 0.2) is 0 Å². The van der Waals surface area contributed by atoms with Gasteiger partial charge in [0.05, 0.1) is 15.9 Å². The van der Waals surface area contributed by atoms with E-state index in [0.717, 1.165) is 23.1 Å². The molecule has 1 aromatic heterocycles. The van der Waals surface area contributed by atoms with Crippen molar-refractivity contribution in [3.8, 4) is 0 Å². The normalized spacial score (nSPS) is 13.1. The predicted octanol–water partition coefficient (Wildman–Crippen LogP) is 2.60. The number of hydrogen-bond acceptors (Lipinski definition) is 2. The molecule has 1 unspecified atom stereocenters. The first-order valence-corrected chi connectivity index (χ1v) is 6.36. The van der Waals surface area contributed by atoms with E-state index in [1.165, 1.54) is 5.69 Å². The third-order valence-corrected chi connectivity index (χ3v) is 3.67. The molecule has 1 heterocycles. The highest BCUT2D eigenvalue weighted by molar-refractivity contribution is 9.10. The molecule has 1 N–H and O–H groups in total. The maximum Gasteiger partial charge on any atom is 0.0739 e. The molecule has 0 saturated heterocycles. The number of aromatic nitrogens is 2. The SMILES string of the molecule is Cc1nn(C)c(CNC(C)CCCl)c1Br. The average Bonchev–Trinajstić information content (AvgIpc) is 2.40. The highest BCUT2D eigenvalue weighted by Crippen LogP contribution is 2.19. The zero-order valence-corrected chi connectivity index (χ0v) is 11.7. The molecule has 0 amide bonds. The van der Waals surface area contributed by atoms with E-state index in [9.17, 15) is 0 Å². The lowest BCUT2D eigenvalue weighted by atomic mass is 10.2. The second-order valence-electron chi connectivity index (χ2n) is 3.73. The second kappa shape index (κ2) is 5.87. The molecule has 1 rings (SSSR count). The van der Waals surface area contributed by atoms with Crippen LogP contribution in [0.15, 0.2) is 4.47 Å². The summed E-state index contributed by atoms with van der Waals surface area (Å²) >= 11 is 9.22. The molecule has 0 aromatic carbocycles. The van der Waals surface area contributed by atoms with E-state index in [-0.39, 0.29) is 0 Å². The highest BCUT2D eigenvalue weighted by atomic mass is 79.9. The monoisotopic (exact) mass is 293 g/mol. The number of alkyl halides is 1. The molecule has 15 heavy (non-hydrogen) atoms. The summed E-state index contributed by atoms with van der Waals surface area (Å²) in [5, 5.41) is 7.76. The molecule has 0 radical (unpaired) electrons. The summed E-state index contributed by atoms with van der Waals surface area (Å²) in [6.07, 6.45) is 0.982. The Morgan fingerprint density at radius 3 is 2.73 bits per heavy atom. The van der Waals surface area contributed by atoms with Gasteiger partial charge in [-0.05, 0) is 36.2 Å². The lowest BCUT2D eigenvalue weighted by molar-refractivity contribution is 0.517. The van der Waals surface area contributed by atoms with E-state index in [1.54, 1.807) is 0 Å². The number of nitrogens with zero attached hydrogens (tertiary/aromatic N) is 2. The summed E-state index contributed by atoms with van der Waals surface area (Å²) in [4.78, 5) is 0. The summed E-state index contributed by atoms with van der Waals surface area (Å²) in [5.74, 6) is 0.694. The third-order valence-electron chi connectivity index (χ3n) is 2.42.